The van der Waals surface area contributed by atoms with Gasteiger partial charge < -0.3 is 16.0 Å². The summed E-state index contributed by atoms with van der Waals surface area (Å²) in [4.78, 5) is 23.6. The molecule has 1 aliphatic rings. The molecule has 1 aromatic carbocycles. The van der Waals surface area contributed by atoms with E-state index in [0.29, 0.717) is 19.0 Å². The molecule has 1 aromatic rings. The fraction of sp³-hybridized carbons (Fsp3) is 0.500. The minimum Gasteiger partial charge on any atom is -0.350 e. The Labute approximate surface area is 125 Å². The van der Waals surface area contributed by atoms with Crippen LogP contribution < -0.4 is 16.0 Å². The van der Waals surface area contributed by atoms with Crippen LogP contribution in [0.1, 0.15) is 31.7 Å². The molecule has 21 heavy (non-hydrogen) atoms. The van der Waals surface area contributed by atoms with Crippen LogP contribution in [0.25, 0.3) is 0 Å². The van der Waals surface area contributed by atoms with Crippen LogP contribution >= 0.6 is 0 Å². The molecular formula is C16H23N3O2. The highest BCUT2D eigenvalue weighted by Crippen LogP contribution is 2.24. The van der Waals surface area contributed by atoms with Crippen molar-refractivity contribution in [2.45, 2.75) is 38.8 Å². The van der Waals surface area contributed by atoms with Crippen molar-refractivity contribution in [3.05, 3.63) is 35.9 Å². The fourth-order valence-corrected chi connectivity index (χ4v) is 2.19. The molecule has 5 nitrogen and oxygen atoms in total. The fourth-order valence-electron chi connectivity index (χ4n) is 2.19. The van der Waals surface area contributed by atoms with Crippen LogP contribution in [-0.2, 0) is 11.3 Å². The van der Waals surface area contributed by atoms with E-state index >= 15 is 0 Å². The third-order valence-electron chi connectivity index (χ3n) is 3.83. The largest absolute Gasteiger partial charge is 0.350 e. The van der Waals surface area contributed by atoms with E-state index < -0.39 is 6.04 Å². The summed E-state index contributed by atoms with van der Waals surface area (Å²) < 4.78 is 0. The summed E-state index contributed by atoms with van der Waals surface area (Å²) in [6.45, 7) is 2.85. The van der Waals surface area contributed by atoms with E-state index in [1.807, 2.05) is 30.3 Å². The Balaban J connectivity index is 1.65. The maximum absolute atomic E-state index is 11.9. The third-order valence-corrected chi connectivity index (χ3v) is 3.83. The zero-order valence-corrected chi connectivity index (χ0v) is 12.4. The van der Waals surface area contributed by atoms with E-state index in [-0.39, 0.29) is 11.9 Å². The van der Waals surface area contributed by atoms with Crippen LogP contribution in [-0.4, -0.2) is 24.5 Å². The van der Waals surface area contributed by atoms with Gasteiger partial charge in [0.1, 0.15) is 6.04 Å². The Morgan fingerprint density at radius 1 is 1.19 bits per heavy atom. The molecule has 0 spiro atoms. The molecule has 1 atom stereocenters. The molecule has 0 bridgehead atoms. The number of carbonyl (C=O) groups excluding carboxylic acids is 2. The maximum Gasteiger partial charge on any atom is 0.315 e. The van der Waals surface area contributed by atoms with Gasteiger partial charge in [-0.25, -0.2) is 4.79 Å². The normalized spacial score (nSPS) is 15.7. The Morgan fingerprint density at radius 3 is 2.52 bits per heavy atom. The number of carbonyl (C=O) groups is 2. The first-order valence-electron chi connectivity index (χ1n) is 7.51. The molecule has 3 amide bonds. The maximum atomic E-state index is 11.9. The zero-order valence-electron chi connectivity index (χ0n) is 12.4. The van der Waals surface area contributed by atoms with Crippen molar-refractivity contribution in [1.29, 1.82) is 0 Å². The number of hydrogen-bond donors (Lipinski definition) is 3. The van der Waals surface area contributed by atoms with Gasteiger partial charge in [0.05, 0.1) is 0 Å². The van der Waals surface area contributed by atoms with Gasteiger partial charge in [-0.05, 0) is 31.2 Å². The lowest BCUT2D eigenvalue weighted by Crippen LogP contribution is -2.49. The predicted octanol–water partition coefficient (Wildman–Crippen LogP) is 1.79. The van der Waals surface area contributed by atoms with Gasteiger partial charge in [0.25, 0.3) is 0 Å². The lowest BCUT2D eigenvalue weighted by Gasteiger charge is -2.25. The van der Waals surface area contributed by atoms with Gasteiger partial charge in [-0.3, -0.25) is 4.79 Å². The average molecular weight is 289 g/mol. The molecule has 0 aliphatic heterocycles. The quantitative estimate of drug-likeness (QED) is 0.747. The molecule has 3 N–H and O–H groups in total. The number of urea groups is 1. The van der Waals surface area contributed by atoms with Gasteiger partial charge in [0, 0.05) is 13.1 Å². The minimum atomic E-state index is -0.546. The van der Waals surface area contributed by atoms with Crippen molar-refractivity contribution in [3.63, 3.8) is 0 Å². The van der Waals surface area contributed by atoms with E-state index in [4.69, 9.17) is 0 Å². The molecule has 0 saturated heterocycles. The zero-order chi connectivity index (χ0) is 15.1. The Hall–Kier alpha value is -2.04. The number of rotatable bonds is 6. The molecule has 0 radical (unpaired) electrons. The standard InChI is InChI=1S/C16H23N3O2/c1-12(19-16(21)18-11-14-8-5-9-14)15(20)17-10-13-6-3-2-4-7-13/h2-4,6-7,12,14H,5,8-11H2,1H3,(H,17,20)(H2,18,19,21)/t12-/m1/s1. The first-order valence-corrected chi connectivity index (χ1v) is 7.51. The summed E-state index contributed by atoms with van der Waals surface area (Å²) in [5.41, 5.74) is 1.03. The van der Waals surface area contributed by atoms with Gasteiger partial charge in [0.2, 0.25) is 5.91 Å². The SMILES string of the molecule is C[C@@H](NC(=O)NCC1CCC1)C(=O)NCc1ccccc1. The van der Waals surface area contributed by atoms with Crippen molar-refractivity contribution in [1.82, 2.24) is 16.0 Å². The topological polar surface area (TPSA) is 70.2 Å². The van der Waals surface area contributed by atoms with Crippen molar-refractivity contribution in [2.75, 3.05) is 6.54 Å². The van der Waals surface area contributed by atoms with E-state index in [2.05, 4.69) is 16.0 Å². The summed E-state index contributed by atoms with van der Waals surface area (Å²) in [5, 5.41) is 8.28. The van der Waals surface area contributed by atoms with E-state index in [1.54, 1.807) is 6.92 Å². The van der Waals surface area contributed by atoms with Gasteiger partial charge in [0.15, 0.2) is 0 Å². The summed E-state index contributed by atoms with van der Waals surface area (Å²) >= 11 is 0. The van der Waals surface area contributed by atoms with Gasteiger partial charge in [-0.15, -0.1) is 0 Å². The molecule has 1 saturated carbocycles. The highest BCUT2D eigenvalue weighted by atomic mass is 16.2. The van der Waals surface area contributed by atoms with Gasteiger partial charge in [-0.1, -0.05) is 36.8 Å². The second-order valence-electron chi connectivity index (χ2n) is 5.58. The lowest BCUT2D eigenvalue weighted by molar-refractivity contribution is -0.122. The number of hydrogen-bond acceptors (Lipinski definition) is 2. The highest BCUT2D eigenvalue weighted by Gasteiger charge is 2.19. The summed E-state index contributed by atoms with van der Waals surface area (Å²) in [6, 6.07) is 8.86. The van der Waals surface area contributed by atoms with Crippen LogP contribution in [0.2, 0.25) is 0 Å². The number of amides is 3. The Morgan fingerprint density at radius 2 is 1.90 bits per heavy atom. The van der Waals surface area contributed by atoms with E-state index in [1.165, 1.54) is 19.3 Å². The second-order valence-corrected chi connectivity index (χ2v) is 5.58. The third kappa shape index (κ3) is 5.10. The van der Waals surface area contributed by atoms with Crippen molar-refractivity contribution in [2.24, 2.45) is 5.92 Å². The van der Waals surface area contributed by atoms with Crippen LogP contribution in [0.15, 0.2) is 30.3 Å². The van der Waals surface area contributed by atoms with Gasteiger partial charge in [-0.2, -0.15) is 0 Å². The molecule has 5 heteroatoms. The van der Waals surface area contributed by atoms with Crippen molar-refractivity contribution < 1.29 is 9.59 Å². The lowest BCUT2D eigenvalue weighted by atomic mass is 9.85. The van der Waals surface area contributed by atoms with Crippen molar-refractivity contribution in [3.8, 4) is 0 Å². The first-order chi connectivity index (χ1) is 10.1. The summed E-state index contributed by atoms with van der Waals surface area (Å²) in [6.07, 6.45) is 3.63. The summed E-state index contributed by atoms with van der Waals surface area (Å²) in [5.74, 6) is 0.426. The monoisotopic (exact) mass is 289 g/mol. The molecule has 0 aromatic heterocycles. The summed E-state index contributed by atoms with van der Waals surface area (Å²) in [7, 11) is 0. The minimum absolute atomic E-state index is 0.183. The van der Waals surface area contributed by atoms with Crippen LogP contribution in [0, 0.1) is 5.92 Å². The van der Waals surface area contributed by atoms with Crippen LogP contribution in [0.5, 0.6) is 0 Å². The smallest absolute Gasteiger partial charge is 0.315 e. The molecule has 114 valence electrons. The molecule has 0 heterocycles. The molecule has 0 unspecified atom stereocenters. The predicted molar refractivity (Wildman–Crippen MR) is 81.6 cm³/mol. The molecule has 2 rings (SSSR count). The van der Waals surface area contributed by atoms with E-state index in [9.17, 15) is 9.59 Å². The average Bonchev–Trinajstić information content (AvgIpc) is 2.44. The molecule has 1 fully saturated rings. The first kappa shape index (κ1) is 15.4. The number of nitrogens with one attached hydrogen (secondary N) is 3. The van der Waals surface area contributed by atoms with E-state index in [0.717, 1.165) is 5.56 Å². The van der Waals surface area contributed by atoms with Crippen molar-refractivity contribution >= 4 is 11.9 Å². The highest BCUT2D eigenvalue weighted by molar-refractivity contribution is 5.86. The van der Waals surface area contributed by atoms with Crippen LogP contribution in [0.3, 0.4) is 0 Å². The number of benzene rings is 1. The Kier molecular flexibility index (Phi) is 5.60. The molecule has 1 aliphatic carbocycles. The Bertz CT molecular complexity index is 472. The van der Waals surface area contributed by atoms with Gasteiger partial charge >= 0.3 is 6.03 Å². The van der Waals surface area contributed by atoms with Crippen LogP contribution in [0.4, 0.5) is 4.79 Å². The molecular weight excluding hydrogens is 266 g/mol. The second kappa shape index (κ2) is 7.67.